The average molecular weight is 909 g/mol. The van der Waals surface area contributed by atoms with Crippen LogP contribution in [0.25, 0.3) is 22.1 Å². The molecule has 0 N–H and O–H groups in total. The Kier molecular flexibility index (Phi) is 9.14. The third-order valence-corrected chi connectivity index (χ3v) is 18.4. The molecule has 352 valence electrons. The maximum Gasteiger partial charge on any atom is 0.257 e. The lowest BCUT2D eigenvalue weighted by Crippen LogP contribution is -2.61. The molecule has 3 aliphatic carbocycles. The number of rotatable bonds is 3. The van der Waals surface area contributed by atoms with Gasteiger partial charge in [0.1, 0.15) is 5.58 Å². The van der Waals surface area contributed by atoms with Gasteiger partial charge in [-0.1, -0.05) is 131 Å². The Morgan fingerprint density at radius 3 is 1.71 bits per heavy atom. The van der Waals surface area contributed by atoms with Crippen molar-refractivity contribution in [2.45, 2.75) is 175 Å². The smallest absolute Gasteiger partial charge is 0.257 e. The summed E-state index contributed by atoms with van der Waals surface area (Å²) in [5, 5.41) is 1.27. The number of fused-ring (bicyclic) bond motifs is 12. The van der Waals surface area contributed by atoms with Crippen LogP contribution in [0.3, 0.4) is 0 Å². The molecule has 6 aromatic carbocycles. The Labute approximate surface area is 413 Å². The largest absolute Gasteiger partial charge is 0.440 e. The molecule has 3 nitrogen and oxygen atoms in total. The van der Waals surface area contributed by atoms with E-state index in [2.05, 4.69) is 212 Å². The van der Waals surface area contributed by atoms with E-state index in [-0.39, 0.29) is 39.2 Å². The lowest BCUT2D eigenvalue weighted by Gasteiger charge is -2.45. The lowest BCUT2D eigenvalue weighted by molar-refractivity contribution is 0.332. The van der Waals surface area contributed by atoms with Gasteiger partial charge in [0.05, 0.1) is 0 Å². The van der Waals surface area contributed by atoms with Crippen LogP contribution in [0.4, 0.5) is 34.3 Å². The van der Waals surface area contributed by atoms with Gasteiger partial charge in [0, 0.05) is 39.3 Å². The molecule has 1 aromatic heterocycles. The van der Waals surface area contributed by atoms with Crippen molar-refractivity contribution in [3.8, 4) is 11.1 Å². The number of nitrogens with zero attached hydrogens (tertiary/aromatic N) is 2. The van der Waals surface area contributed by atoms with Gasteiger partial charge >= 0.3 is 0 Å². The van der Waals surface area contributed by atoms with Crippen LogP contribution >= 0.6 is 0 Å². The van der Waals surface area contributed by atoms with Crippen molar-refractivity contribution >= 4 is 68.4 Å². The first-order valence-electron chi connectivity index (χ1n) is 26.2. The second-order valence-electron chi connectivity index (χ2n) is 26.6. The van der Waals surface area contributed by atoms with Crippen molar-refractivity contribution < 1.29 is 4.42 Å². The molecule has 5 aliphatic rings. The SMILES string of the molecule is Cc1cc(C)c(-c2cc3c4c(c2)N(c2ccc5c(c2)C(C)(C)CCC5(C)C)c2oc5cc6c(cc5c2B4c2cc(C(C)(C)C)ccc2N3c2ccc(C(C)(C)C)cc2C)C2(C)CCC6(C)C2)c(C)c1. The van der Waals surface area contributed by atoms with Gasteiger partial charge in [-0.15, -0.1) is 0 Å². The van der Waals surface area contributed by atoms with Crippen LogP contribution in [0.1, 0.15) is 171 Å². The Morgan fingerprint density at radius 1 is 0.507 bits per heavy atom. The van der Waals surface area contributed by atoms with Gasteiger partial charge < -0.3 is 9.32 Å². The highest BCUT2D eigenvalue weighted by atomic mass is 16.4. The van der Waals surface area contributed by atoms with Crippen molar-refractivity contribution in [1.82, 2.24) is 0 Å². The summed E-state index contributed by atoms with van der Waals surface area (Å²) in [7, 11) is 0. The molecule has 7 aromatic rings. The standard InChI is InChI=1S/C65H73BN2O/c1-37-27-39(3)56(40(4)28-37)41-30-53-58-54(31-41)68(51-21-17-42(29-38(51)2)60(5,6)7)52-22-18-43(61(8,9)10)32-50(52)66(58)57-45-34-48-49(65(16)26-25-64(48,15)36-65)35-55(45)69-59(57)67(53)44-19-20-46-47(33-44)63(13,14)24-23-62(46,11)12/h17-22,27-35H,23-26,36H2,1-16H3. The molecule has 0 amide bonds. The fraction of sp³-hybridized carbons (Fsp3) is 0.415. The summed E-state index contributed by atoms with van der Waals surface area (Å²) in [5.41, 5.74) is 28.0. The summed E-state index contributed by atoms with van der Waals surface area (Å²) in [6.45, 7) is 38.0. The number of aryl methyl sites for hydroxylation is 4. The second kappa shape index (κ2) is 14.1. The molecule has 0 saturated heterocycles. The Hall–Kier alpha value is -5.48. The first-order chi connectivity index (χ1) is 32.3. The summed E-state index contributed by atoms with van der Waals surface area (Å²) < 4.78 is 7.67. The van der Waals surface area contributed by atoms with E-state index in [0.717, 1.165) is 17.9 Å². The first kappa shape index (κ1) is 44.7. The van der Waals surface area contributed by atoms with Gasteiger partial charge in [-0.25, -0.2) is 0 Å². The summed E-state index contributed by atoms with van der Waals surface area (Å²) in [4.78, 5) is 5.21. The molecule has 69 heavy (non-hydrogen) atoms. The molecule has 3 heterocycles. The lowest BCUT2D eigenvalue weighted by atomic mass is 9.33. The Morgan fingerprint density at radius 2 is 1.09 bits per heavy atom. The molecular formula is C65H73BN2O. The number of anilines is 6. The van der Waals surface area contributed by atoms with E-state index in [1.165, 1.54) is 137 Å². The van der Waals surface area contributed by atoms with E-state index in [1.54, 1.807) is 5.56 Å². The molecule has 2 aliphatic heterocycles. The third-order valence-electron chi connectivity index (χ3n) is 18.4. The second-order valence-corrected chi connectivity index (χ2v) is 26.6. The zero-order valence-corrected chi connectivity index (χ0v) is 44.6. The molecule has 2 unspecified atom stereocenters. The molecule has 2 atom stereocenters. The molecule has 12 rings (SSSR count). The fourth-order valence-corrected chi connectivity index (χ4v) is 14.5. The highest BCUT2D eigenvalue weighted by molar-refractivity contribution is 7.01. The van der Waals surface area contributed by atoms with Crippen molar-refractivity contribution in [3.63, 3.8) is 0 Å². The number of benzene rings is 6. The Bertz CT molecular complexity index is 3360. The van der Waals surface area contributed by atoms with E-state index >= 15 is 0 Å². The van der Waals surface area contributed by atoms with Crippen molar-refractivity contribution in [1.29, 1.82) is 0 Å². The summed E-state index contributed by atoms with van der Waals surface area (Å²) in [5.74, 6) is 0.966. The number of hydrogen-bond donors (Lipinski definition) is 0. The highest BCUT2D eigenvalue weighted by Gasteiger charge is 2.54. The molecule has 4 heteroatoms. The molecule has 2 bridgehead atoms. The number of furan rings is 1. The third kappa shape index (κ3) is 6.38. The minimum absolute atomic E-state index is 0.0292. The van der Waals surface area contributed by atoms with Gasteiger partial charge in [0.25, 0.3) is 6.71 Å². The van der Waals surface area contributed by atoms with Gasteiger partial charge in [-0.3, -0.25) is 4.90 Å². The molecule has 1 saturated carbocycles. The van der Waals surface area contributed by atoms with Crippen molar-refractivity contribution in [2.75, 3.05) is 9.80 Å². The van der Waals surface area contributed by atoms with Crippen LogP contribution < -0.4 is 26.2 Å². The average Bonchev–Trinajstić information content (AvgIpc) is 3.87. The van der Waals surface area contributed by atoms with Crippen molar-refractivity contribution in [3.05, 3.63) is 147 Å². The van der Waals surface area contributed by atoms with Gasteiger partial charge in [0.15, 0.2) is 0 Å². The van der Waals surface area contributed by atoms with Gasteiger partial charge in [-0.2, -0.15) is 0 Å². The van der Waals surface area contributed by atoms with Crippen LogP contribution in [0.15, 0.2) is 95.4 Å². The van der Waals surface area contributed by atoms with Gasteiger partial charge in [-0.05, 0) is 213 Å². The molecule has 0 radical (unpaired) electrons. The minimum Gasteiger partial charge on any atom is -0.440 e. The predicted molar refractivity (Wildman–Crippen MR) is 296 cm³/mol. The van der Waals surface area contributed by atoms with Gasteiger partial charge in [0.2, 0.25) is 5.88 Å². The first-order valence-corrected chi connectivity index (χ1v) is 26.2. The molecule has 0 spiro atoms. The highest BCUT2D eigenvalue weighted by Crippen LogP contribution is 2.62. The van der Waals surface area contributed by atoms with E-state index in [0.29, 0.717) is 0 Å². The molecular weight excluding hydrogens is 836 g/mol. The van der Waals surface area contributed by atoms with E-state index in [9.17, 15) is 0 Å². The molecule has 1 fully saturated rings. The zero-order valence-electron chi connectivity index (χ0n) is 44.6. The van der Waals surface area contributed by atoms with E-state index in [4.69, 9.17) is 4.42 Å². The topological polar surface area (TPSA) is 19.6 Å². The van der Waals surface area contributed by atoms with E-state index < -0.39 is 0 Å². The maximum atomic E-state index is 7.67. The van der Waals surface area contributed by atoms with Crippen LogP contribution in [0.2, 0.25) is 0 Å². The zero-order chi connectivity index (χ0) is 48.9. The normalized spacial score (nSPS) is 21.6. The van der Waals surface area contributed by atoms with Crippen LogP contribution in [0.5, 0.6) is 0 Å². The number of hydrogen-bond acceptors (Lipinski definition) is 3. The van der Waals surface area contributed by atoms with Crippen molar-refractivity contribution in [2.24, 2.45) is 0 Å². The quantitative estimate of drug-likeness (QED) is 0.165. The minimum atomic E-state index is -0.0625. The monoisotopic (exact) mass is 909 g/mol. The summed E-state index contributed by atoms with van der Waals surface area (Å²) in [6, 6.07) is 37.0. The fourth-order valence-electron chi connectivity index (χ4n) is 14.5. The van der Waals surface area contributed by atoms with E-state index in [1.807, 2.05) is 0 Å². The predicted octanol–water partition coefficient (Wildman–Crippen LogP) is 16.1. The summed E-state index contributed by atoms with van der Waals surface area (Å²) >= 11 is 0. The van der Waals surface area contributed by atoms with Crippen LogP contribution in [0, 0.1) is 27.7 Å². The van der Waals surface area contributed by atoms with Crippen LogP contribution in [-0.2, 0) is 32.5 Å². The maximum absolute atomic E-state index is 7.67. The summed E-state index contributed by atoms with van der Waals surface area (Å²) in [6.07, 6.45) is 6.04. The Balaban J connectivity index is 1.24. The van der Waals surface area contributed by atoms with Crippen LogP contribution in [-0.4, -0.2) is 6.71 Å².